The number of thioether (sulfide) groups is 1. The lowest BCUT2D eigenvalue weighted by molar-refractivity contribution is 0.422. The third-order valence-electron chi connectivity index (χ3n) is 2.09. The highest BCUT2D eigenvalue weighted by Crippen LogP contribution is 2.24. The second-order valence-electron chi connectivity index (χ2n) is 4.70. The molecule has 1 rings (SSSR count). The van der Waals surface area contributed by atoms with Crippen LogP contribution in [0.2, 0.25) is 0 Å². The van der Waals surface area contributed by atoms with Crippen molar-refractivity contribution in [1.82, 2.24) is 5.32 Å². The van der Waals surface area contributed by atoms with Gasteiger partial charge in [-0.2, -0.15) is 0 Å². The normalized spacial score (nSPS) is 11.9. The molecule has 0 radical (unpaired) electrons. The highest BCUT2D eigenvalue weighted by Gasteiger charge is 2.12. The van der Waals surface area contributed by atoms with Gasteiger partial charge in [0, 0.05) is 12.1 Å². The minimum Gasteiger partial charge on any atom is -0.308 e. The smallest absolute Gasteiger partial charge is 0.140 e. The molecule has 0 aliphatic heterocycles. The van der Waals surface area contributed by atoms with E-state index in [2.05, 4.69) is 5.32 Å². The van der Waals surface area contributed by atoms with Crippen molar-refractivity contribution in [1.29, 1.82) is 0 Å². The molecule has 0 aromatic heterocycles. The van der Waals surface area contributed by atoms with Crippen LogP contribution in [-0.2, 0) is 6.54 Å². The van der Waals surface area contributed by atoms with Gasteiger partial charge in [-0.3, -0.25) is 0 Å². The van der Waals surface area contributed by atoms with Crippen LogP contribution in [0.15, 0.2) is 17.0 Å². The fourth-order valence-corrected chi connectivity index (χ4v) is 1.78. The quantitative estimate of drug-likeness (QED) is 0.817. The summed E-state index contributed by atoms with van der Waals surface area (Å²) < 4.78 is 26.9. The van der Waals surface area contributed by atoms with Crippen LogP contribution in [0, 0.1) is 11.6 Å². The Labute approximate surface area is 99.6 Å². The molecule has 0 amide bonds. The van der Waals surface area contributed by atoms with Gasteiger partial charge in [-0.15, -0.1) is 11.8 Å². The predicted octanol–water partition coefficient (Wildman–Crippen LogP) is 3.57. The molecular weight excluding hydrogens is 228 g/mol. The number of hydrogen-bond acceptors (Lipinski definition) is 2. The summed E-state index contributed by atoms with van der Waals surface area (Å²) in [5, 5.41) is 3.19. The van der Waals surface area contributed by atoms with Crippen molar-refractivity contribution in [2.24, 2.45) is 0 Å². The lowest BCUT2D eigenvalue weighted by Gasteiger charge is -2.20. The van der Waals surface area contributed by atoms with Gasteiger partial charge < -0.3 is 5.32 Å². The summed E-state index contributed by atoms with van der Waals surface area (Å²) in [6.45, 7) is 6.49. The van der Waals surface area contributed by atoms with Gasteiger partial charge in [-0.05, 0) is 44.7 Å². The minimum atomic E-state index is -0.488. The van der Waals surface area contributed by atoms with Crippen molar-refractivity contribution in [3.8, 4) is 0 Å². The second-order valence-corrected chi connectivity index (χ2v) is 5.51. The van der Waals surface area contributed by atoms with E-state index >= 15 is 0 Å². The van der Waals surface area contributed by atoms with Gasteiger partial charge >= 0.3 is 0 Å². The average Bonchev–Trinajstić information content (AvgIpc) is 2.13. The van der Waals surface area contributed by atoms with Gasteiger partial charge in [0.05, 0.1) is 4.90 Å². The average molecular weight is 245 g/mol. The summed E-state index contributed by atoms with van der Waals surface area (Å²) in [5.41, 5.74) is 0.563. The summed E-state index contributed by atoms with van der Waals surface area (Å²) in [6, 6.07) is 2.77. The SMILES string of the molecule is CSc1c(F)cc(CNC(C)(C)C)cc1F. The molecule has 0 bridgehead atoms. The Hall–Kier alpha value is -0.610. The topological polar surface area (TPSA) is 12.0 Å². The summed E-state index contributed by atoms with van der Waals surface area (Å²) in [6.07, 6.45) is 1.66. The molecule has 0 atom stereocenters. The van der Waals surface area contributed by atoms with Crippen molar-refractivity contribution < 1.29 is 8.78 Å². The molecule has 1 aromatic carbocycles. The van der Waals surface area contributed by atoms with E-state index in [1.54, 1.807) is 6.26 Å². The number of nitrogens with one attached hydrogen (secondary N) is 1. The molecule has 0 spiro atoms. The third kappa shape index (κ3) is 3.76. The maximum atomic E-state index is 13.4. The maximum absolute atomic E-state index is 13.4. The van der Waals surface area contributed by atoms with Gasteiger partial charge in [-0.1, -0.05) is 0 Å². The predicted molar refractivity (Wildman–Crippen MR) is 64.7 cm³/mol. The standard InChI is InChI=1S/C12H17F2NS/c1-12(2,3)15-7-8-5-9(13)11(16-4)10(14)6-8/h5-6,15H,7H2,1-4H3. The molecule has 0 unspecified atom stereocenters. The molecule has 1 aromatic rings. The molecule has 1 N–H and O–H groups in total. The molecular formula is C12H17F2NS. The molecule has 0 fully saturated rings. The number of hydrogen-bond donors (Lipinski definition) is 1. The molecule has 0 aliphatic carbocycles. The van der Waals surface area contributed by atoms with Crippen LogP contribution in [-0.4, -0.2) is 11.8 Å². The molecule has 1 nitrogen and oxygen atoms in total. The monoisotopic (exact) mass is 245 g/mol. The summed E-state index contributed by atoms with van der Waals surface area (Å²) in [7, 11) is 0. The minimum absolute atomic E-state index is 0.0644. The lowest BCUT2D eigenvalue weighted by atomic mass is 10.1. The van der Waals surface area contributed by atoms with Crippen molar-refractivity contribution in [2.45, 2.75) is 37.8 Å². The first-order valence-corrected chi connectivity index (χ1v) is 6.33. The van der Waals surface area contributed by atoms with Crippen LogP contribution in [0.5, 0.6) is 0 Å². The Morgan fingerprint density at radius 3 is 2.06 bits per heavy atom. The second kappa shape index (κ2) is 5.15. The maximum Gasteiger partial charge on any atom is 0.140 e. The van der Waals surface area contributed by atoms with E-state index in [1.807, 2.05) is 20.8 Å². The first-order chi connectivity index (χ1) is 7.33. The molecule has 4 heteroatoms. The van der Waals surface area contributed by atoms with Crippen LogP contribution < -0.4 is 5.32 Å². The number of benzene rings is 1. The molecule has 90 valence electrons. The van der Waals surface area contributed by atoms with Crippen molar-refractivity contribution >= 4 is 11.8 Å². The van der Waals surface area contributed by atoms with E-state index in [-0.39, 0.29) is 10.4 Å². The molecule has 0 heterocycles. The van der Waals surface area contributed by atoms with E-state index in [9.17, 15) is 8.78 Å². The summed E-state index contributed by atoms with van der Waals surface area (Å²) in [5.74, 6) is -0.976. The highest BCUT2D eigenvalue weighted by molar-refractivity contribution is 7.98. The van der Waals surface area contributed by atoms with E-state index in [0.717, 1.165) is 11.8 Å². The zero-order chi connectivity index (χ0) is 12.3. The third-order valence-corrected chi connectivity index (χ3v) is 2.88. The lowest BCUT2D eigenvalue weighted by Crippen LogP contribution is -2.35. The Bertz CT molecular complexity index is 349. The fourth-order valence-electron chi connectivity index (χ4n) is 1.28. The van der Waals surface area contributed by atoms with Gasteiger partial charge in [0.1, 0.15) is 11.6 Å². The Morgan fingerprint density at radius 1 is 1.19 bits per heavy atom. The van der Waals surface area contributed by atoms with Crippen LogP contribution in [0.4, 0.5) is 8.78 Å². The molecule has 0 saturated carbocycles. The van der Waals surface area contributed by atoms with Gasteiger partial charge in [0.25, 0.3) is 0 Å². The first-order valence-electron chi connectivity index (χ1n) is 5.10. The largest absolute Gasteiger partial charge is 0.308 e. The Morgan fingerprint density at radius 2 is 1.69 bits per heavy atom. The van der Waals surface area contributed by atoms with Crippen LogP contribution in [0.25, 0.3) is 0 Å². The van der Waals surface area contributed by atoms with E-state index in [4.69, 9.17) is 0 Å². The molecule has 0 saturated heterocycles. The Balaban J connectivity index is 2.84. The summed E-state index contributed by atoms with van der Waals surface area (Å²) in [4.78, 5) is 0.0829. The van der Waals surface area contributed by atoms with Crippen molar-refractivity contribution in [2.75, 3.05) is 6.26 Å². The van der Waals surface area contributed by atoms with Gasteiger partial charge in [-0.25, -0.2) is 8.78 Å². The van der Waals surface area contributed by atoms with Crippen LogP contribution in [0.3, 0.4) is 0 Å². The van der Waals surface area contributed by atoms with Gasteiger partial charge in [0.2, 0.25) is 0 Å². The van der Waals surface area contributed by atoms with Crippen LogP contribution >= 0.6 is 11.8 Å². The zero-order valence-electron chi connectivity index (χ0n) is 10.0. The Kier molecular flexibility index (Phi) is 4.33. The van der Waals surface area contributed by atoms with Crippen molar-refractivity contribution in [3.05, 3.63) is 29.3 Å². The number of rotatable bonds is 3. The number of halogens is 2. The van der Waals surface area contributed by atoms with Crippen molar-refractivity contribution in [3.63, 3.8) is 0 Å². The van der Waals surface area contributed by atoms with E-state index in [0.29, 0.717) is 12.1 Å². The van der Waals surface area contributed by atoms with Gasteiger partial charge in [0.15, 0.2) is 0 Å². The first kappa shape index (κ1) is 13.5. The fraction of sp³-hybridized carbons (Fsp3) is 0.500. The highest BCUT2D eigenvalue weighted by atomic mass is 32.2. The molecule has 16 heavy (non-hydrogen) atoms. The van der Waals surface area contributed by atoms with E-state index in [1.165, 1.54) is 12.1 Å². The van der Waals surface area contributed by atoms with E-state index < -0.39 is 11.6 Å². The zero-order valence-corrected chi connectivity index (χ0v) is 10.8. The summed E-state index contributed by atoms with van der Waals surface area (Å²) >= 11 is 1.08. The molecule has 0 aliphatic rings. The van der Waals surface area contributed by atoms with Crippen LogP contribution in [0.1, 0.15) is 26.3 Å².